The number of nitrogens with zero attached hydrogens (tertiary/aromatic N) is 3. The number of nitrogens with two attached hydrogens (primary N) is 2. The topological polar surface area (TPSA) is 131 Å². The van der Waals surface area contributed by atoms with E-state index in [1.54, 1.807) is 7.05 Å². The third-order valence-corrected chi connectivity index (χ3v) is 3.34. The first-order valence-corrected chi connectivity index (χ1v) is 8.65. The van der Waals surface area contributed by atoms with Gasteiger partial charge >= 0.3 is 0 Å². The highest BCUT2D eigenvalue weighted by Crippen LogP contribution is 2.13. The minimum absolute atomic E-state index is 0.0708. The Hall–Kier alpha value is -2.39. The molecule has 1 unspecified atom stereocenters. The molecular weight excluding hydrogens is 336 g/mol. The molecule has 1 aliphatic heterocycles. The molecule has 1 atom stereocenters. The molecule has 0 bridgehead atoms. The lowest BCUT2D eigenvalue weighted by Gasteiger charge is -2.16. The lowest BCUT2D eigenvalue weighted by atomic mass is 10.2. The number of carbonyl (C=O) groups is 2. The van der Waals surface area contributed by atoms with E-state index in [-0.39, 0.29) is 30.1 Å². The Morgan fingerprint density at radius 2 is 2.19 bits per heavy atom. The summed E-state index contributed by atoms with van der Waals surface area (Å²) in [5.41, 5.74) is 5.81. The zero-order valence-corrected chi connectivity index (χ0v) is 16.1. The number of hydrogen-bond donors (Lipinski definition) is 3. The summed E-state index contributed by atoms with van der Waals surface area (Å²) >= 11 is 0. The molecule has 0 spiro atoms. The van der Waals surface area contributed by atoms with Crippen molar-refractivity contribution in [3.05, 3.63) is 24.6 Å². The normalized spacial score (nSPS) is 16.7. The van der Waals surface area contributed by atoms with Gasteiger partial charge in [0.25, 0.3) is 0 Å². The molecule has 0 aliphatic carbocycles. The van der Waals surface area contributed by atoms with Crippen LogP contribution in [0.1, 0.15) is 39.0 Å². The van der Waals surface area contributed by atoms with Crippen LogP contribution in [0.4, 0.5) is 0 Å². The van der Waals surface area contributed by atoms with Gasteiger partial charge in [-0.05, 0) is 26.4 Å². The van der Waals surface area contributed by atoms with Crippen molar-refractivity contribution in [3.63, 3.8) is 0 Å². The second kappa shape index (κ2) is 13.9. The van der Waals surface area contributed by atoms with E-state index < -0.39 is 0 Å². The number of amides is 1. The summed E-state index contributed by atoms with van der Waals surface area (Å²) in [6, 6.07) is 0.130. The Morgan fingerprint density at radius 3 is 2.62 bits per heavy atom. The highest BCUT2D eigenvalue weighted by molar-refractivity contribution is 5.81. The maximum absolute atomic E-state index is 11.1. The quantitative estimate of drug-likeness (QED) is 0.390. The van der Waals surface area contributed by atoms with Gasteiger partial charge in [-0.2, -0.15) is 0 Å². The first kappa shape index (κ1) is 23.6. The molecule has 0 radical (unpaired) electrons. The molecule has 5 N–H and O–H groups in total. The maximum Gasteiger partial charge on any atom is 0.243 e. The maximum atomic E-state index is 11.1. The molecule has 9 nitrogen and oxygen atoms in total. The van der Waals surface area contributed by atoms with Gasteiger partial charge in [-0.1, -0.05) is 20.3 Å². The zero-order chi connectivity index (χ0) is 19.9. The Balaban J connectivity index is 0.000000428. The summed E-state index contributed by atoms with van der Waals surface area (Å²) < 4.78 is 4.90. The van der Waals surface area contributed by atoms with E-state index in [1.807, 2.05) is 7.05 Å². The highest BCUT2D eigenvalue weighted by atomic mass is 16.3. The smallest absolute Gasteiger partial charge is 0.243 e. The second-order valence-electron chi connectivity index (χ2n) is 5.75. The molecule has 1 aromatic heterocycles. The van der Waals surface area contributed by atoms with E-state index in [1.165, 1.54) is 25.1 Å². The molecule has 1 aliphatic rings. The average molecular weight is 368 g/mol. The van der Waals surface area contributed by atoms with Crippen LogP contribution in [0.5, 0.6) is 0 Å². The average Bonchev–Trinajstić information content (AvgIpc) is 3.27. The summed E-state index contributed by atoms with van der Waals surface area (Å²) in [5, 5.41) is 3.80. The van der Waals surface area contributed by atoms with E-state index in [4.69, 9.17) is 16.0 Å². The van der Waals surface area contributed by atoms with Crippen LogP contribution in [-0.2, 0) is 9.59 Å². The van der Waals surface area contributed by atoms with Gasteiger partial charge in [0.2, 0.25) is 11.8 Å². The van der Waals surface area contributed by atoms with Gasteiger partial charge in [-0.15, -0.1) is 0 Å². The molecule has 0 aromatic carbocycles. The number of hydrazine groups is 1. The van der Waals surface area contributed by atoms with Crippen LogP contribution in [0, 0.1) is 0 Å². The number of rotatable bonds is 5. The monoisotopic (exact) mass is 368 g/mol. The number of nitrogens with one attached hydrogen (secondary N) is 1. The number of carbonyl (C=O) groups excluding carboxylic acids is 2. The number of oxazole rings is 1. The predicted molar refractivity (Wildman–Crippen MR) is 101 cm³/mol. The van der Waals surface area contributed by atoms with Crippen LogP contribution < -0.4 is 16.9 Å². The van der Waals surface area contributed by atoms with Gasteiger partial charge < -0.3 is 25.3 Å². The minimum atomic E-state index is 0.0708. The summed E-state index contributed by atoms with van der Waals surface area (Å²) in [6.45, 7) is 5.37. The van der Waals surface area contributed by atoms with Gasteiger partial charge in [0, 0.05) is 13.2 Å². The van der Waals surface area contributed by atoms with Gasteiger partial charge in [-0.25, -0.2) is 10.8 Å². The molecule has 0 saturated carbocycles. The Labute approximate surface area is 155 Å². The van der Waals surface area contributed by atoms with E-state index in [2.05, 4.69) is 29.0 Å². The molecule has 2 rings (SSSR count). The number of aromatic nitrogens is 1. The standard InChI is InChI=1S/C7H10N4O2.C7H14N2O.C3H8/c8-6(5-11(9)2-3-12)7-10-1-4-13-7;1-8-7(10)6-4-3-5-9(6)2;1-3-2/h1,3-5H,2,8-9H2;6H,3-5H2,1-2H3,(H,8,10);3H2,1-2H3/b6-5-;;. The zero-order valence-electron chi connectivity index (χ0n) is 16.1. The van der Waals surface area contributed by atoms with Crippen molar-refractivity contribution in [2.75, 3.05) is 27.2 Å². The Bertz CT molecular complexity index is 533. The van der Waals surface area contributed by atoms with E-state index >= 15 is 0 Å². The number of hydrogen-bond acceptors (Lipinski definition) is 8. The number of likely N-dealkylation sites (N-methyl/N-ethyl adjacent to an activating group) is 2. The molecule has 9 heteroatoms. The molecule has 148 valence electrons. The van der Waals surface area contributed by atoms with Gasteiger partial charge in [0.1, 0.15) is 18.2 Å². The lowest BCUT2D eigenvalue weighted by molar-refractivity contribution is -0.124. The summed E-state index contributed by atoms with van der Waals surface area (Å²) in [5.74, 6) is 5.80. The van der Waals surface area contributed by atoms with E-state index in [9.17, 15) is 9.59 Å². The van der Waals surface area contributed by atoms with Crippen molar-refractivity contribution in [2.24, 2.45) is 11.6 Å². The Morgan fingerprint density at radius 1 is 1.54 bits per heavy atom. The number of aldehydes is 1. The summed E-state index contributed by atoms with van der Waals surface area (Å²) in [6.07, 6.45) is 8.32. The lowest BCUT2D eigenvalue weighted by Crippen LogP contribution is -2.39. The van der Waals surface area contributed by atoms with E-state index in [0.29, 0.717) is 6.29 Å². The first-order chi connectivity index (χ1) is 12.4. The van der Waals surface area contributed by atoms with Gasteiger partial charge in [-0.3, -0.25) is 9.69 Å². The molecule has 26 heavy (non-hydrogen) atoms. The number of likely N-dealkylation sites (tertiary alicyclic amines) is 1. The molecule has 1 amide bonds. The first-order valence-electron chi connectivity index (χ1n) is 8.65. The Kier molecular flexibility index (Phi) is 12.6. The predicted octanol–water partition coefficient (Wildman–Crippen LogP) is 0.549. The van der Waals surface area contributed by atoms with Crippen LogP contribution in [0.15, 0.2) is 23.1 Å². The fraction of sp³-hybridized carbons (Fsp3) is 0.588. The van der Waals surface area contributed by atoms with Crippen LogP contribution in [-0.4, -0.2) is 60.3 Å². The van der Waals surface area contributed by atoms with Crippen molar-refractivity contribution in [1.29, 1.82) is 0 Å². The molecule has 1 saturated heterocycles. The van der Waals surface area contributed by atoms with Crippen molar-refractivity contribution in [1.82, 2.24) is 20.2 Å². The summed E-state index contributed by atoms with van der Waals surface area (Å²) in [7, 11) is 3.68. The van der Waals surface area contributed by atoms with Crippen molar-refractivity contribution in [3.8, 4) is 0 Å². The van der Waals surface area contributed by atoms with Crippen LogP contribution >= 0.6 is 0 Å². The van der Waals surface area contributed by atoms with Gasteiger partial charge in [0.15, 0.2) is 0 Å². The third kappa shape index (κ3) is 9.19. The fourth-order valence-corrected chi connectivity index (χ4v) is 2.15. The van der Waals surface area contributed by atoms with E-state index in [0.717, 1.165) is 24.4 Å². The van der Waals surface area contributed by atoms with Crippen LogP contribution in [0.2, 0.25) is 0 Å². The third-order valence-electron chi connectivity index (χ3n) is 3.34. The van der Waals surface area contributed by atoms with Crippen molar-refractivity contribution in [2.45, 2.75) is 39.2 Å². The second-order valence-corrected chi connectivity index (χ2v) is 5.75. The SMILES string of the molecule is CCC.CNC(=O)C1CCCN1C.N/C(=C\N(N)CC=O)c1ncco1. The summed E-state index contributed by atoms with van der Waals surface area (Å²) in [4.78, 5) is 27.0. The van der Waals surface area contributed by atoms with Crippen molar-refractivity contribution >= 4 is 17.9 Å². The largest absolute Gasteiger partial charge is 0.443 e. The van der Waals surface area contributed by atoms with Crippen LogP contribution in [0.25, 0.3) is 5.70 Å². The van der Waals surface area contributed by atoms with Gasteiger partial charge in [0.05, 0.1) is 18.8 Å². The molecular formula is C17H32N6O3. The fourth-order valence-electron chi connectivity index (χ4n) is 2.15. The van der Waals surface area contributed by atoms with Crippen molar-refractivity contribution < 1.29 is 14.0 Å². The molecule has 1 fully saturated rings. The highest BCUT2D eigenvalue weighted by Gasteiger charge is 2.26. The molecule has 2 heterocycles. The minimum Gasteiger partial charge on any atom is -0.443 e. The molecule has 1 aromatic rings. The van der Waals surface area contributed by atoms with Crippen LogP contribution in [0.3, 0.4) is 0 Å².